The topological polar surface area (TPSA) is 30.7 Å². The maximum Gasteiger partial charge on any atom is 0.141 e. The second-order valence-corrected chi connectivity index (χ2v) is 3.05. The monoisotopic (exact) mass is 203 g/mol. The summed E-state index contributed by atoms with van der Waals surface area (Å²) in [4.78, 5) is 8.46. The van der Waals surface area contributed by atoms with Crippen molar-refractivity contribution in [2.75, 3.05) is 0 Å². The molecule has 3 nitrogen and oxygen atoms in total. The van der Waals surface area contributed by atoms with Crippen LogP contribution in [0.3, 0.4) is 0 Å². The summed E-state index contributed by atoms with van der Waals surface area (Å²) >= 11 is 0. The molecule has 0 bridgehead atoms. The van der Waals surface area contributed by atoms with E-state index in [9.17, 15) is 0 Å². The Labute approximate surface area is 90.8 Å². The summed E-state index contributed by atoms with van der Waals surface area (Å²) in [7, 11) is 1.97. The molecular weight excluding hydrogens is 186 g/mol. The highest BCUT2D eigenvalue weighted by molar-refractivity contribution is 5.53. The normalized spacial score (nSPS) is 9.33. The van der Waals surface area contributed by atoms with E-state index in [2.05, 4.69) is 9.97 Å². The predicted molar refractivity (Wildman–Crippen MR) is 62.5 cm³/mol. The van der Waals surface area contributed by atoms with Crippen LogP contribution in [0.2, 0.25) is 0 Å². The second-order valence-electron chi connectivity index (χ2n) is 3.05. The third-order valence-electron chi connectivity index (χ3n) is 1.99. The molecular formula is C12H17N3. The first-order chi connectivity index (χ1) is 7.27. The van der Waals surface area contributed by atoms with Gasteiger partial charge in [-0.1, -0.05) is 13.8 Å². The molecule has 0 spiro atoms. The zero-order chi connectivity index (χ0) is 11.3. The minimum atomic E-state index is 0.951. The standard InChI is InChI=1S/C10H11N3.C2H6/c1-8-3-4-9(7-12-8)10-11-5-6-13(10)2;1-2/h3-7H,1-2H3;1-2H3. The highest BCUT2D eigenvalue weighted by Gasteiger charge is 2.01. The number of pyridine rings is 1. The fourth-order valence-corrected chi connectivity index (χ4v) is 1.24. The fraction of sp³-hybridized carbons (Fsp3) is 0.333. The lowest BCUT2D eigenvalue weighted by Crippen LogP contribution is -1.92. The van der Waals surface area contributed by atoms with Gasteiger partial charge in [-0.15, -0.1) is 0 Å². The molecule has 0 aromatic carbocycles. The van der Waals surface area contributed by atoms with E-state index in [1.165, 1.54) is 0 Å². The zero-order valence-electron chi connectivity index (χ0n) is 9.73. The predicted octanol–water partition coefficient (Wildman–Crippen LogP) is 2.82. The van der Waals surface area contributed by atoms with Crippen molar-refractivity contribution in [2.45, 2.75) is 20.8 Å². The molecule has 0 unspecified atom stereocenters. The molecule has 2 heterocycles. The number of aryl methyl sites for hydroxylation is 2. The fourth-order valence-electron chi connectivity index (χ4n) is 1.24. The van der Waals surface area contributed by atoms with Crippen molar-refractivity contribution in [1.82, 2.24) is 14.5 Å². The summed E-state index contributed by atoms with van der Waals surface area (Å²) in [5.41, 5.74) is 2.08. The van der Waals surface area contributed by atoms with Gasteiger partial charge >= 0.3 is 0 Å². The Balaban J connectivity index is 0.000000531. The molecule has 0 saturated carbocycles. The molecule has 2 aromatic heterocycles. The van der Waals surface area contributed by atoms with Crippen LogP contribution in [-0.4, -0.2) is 14.5 Å². The van der Waals surface area contributed by atoms with Crippen LogP contribution in [0, 0.1) is 6.92 Å². The quantitative estimate of drug-likeness (QED) is 0.713. The summed E-state index contributed by atoms with van der Waals surface area (Å²) in [5, 5.41) is 0. The molecule has 0 radical (unpaired) electrons. The third kappa shape index (κ3) is 2.65. The van der Waals surface area contributed by atoms with E-state index in [0.717, 1.165) is 17.1 Å². The molecule has 80 valence electrons. The zero-order valence-corrected chi connectivity index (χ0v) is 9.73. The van der Waals surface area contributed by atoms with Gasteiger partial charge in [-0.2, -0.15) is 0 Å². The summed E-state index contributed by atoms with van der Waals surface area (Å²) in [6.45, 7) is 5.97. The smallest absolute Gasteiger partial charge is 0.141 e. The minimum Gasteiger partial charge on any atom is -0.334 e. The number of imidazole rings is 1. The molecule has 15 heavy (non-hydrogen) atoms. The molecule has 0 fully saturated rings. The lowest BCUT2D eigenvalue weighted by molar-refractivity contribution is 0.923. The SMILES string of the molecule is CC.Cc1ccc(-c2nccn2C)cn1. The number of hydrogen-bond acceptors (Lipinski definition) is 2. The van der Waals surface area contributed by atoms with Gasteiger partial charge in [-0.05, 0) is 19.1 Å². The van der Waals surface area contributed by atoms with E-state index in [-0.39, 0.29) is 0 Å². The van der Waals surface area contributed by atoms with Gasteiger partial charge in [0.2, 0.25) is 0 Å². The molecule has 2 aromatic rings. The largest absolute Gasteiger partial charge is 0.334 e. The molecule has 2 rings (SSSR count). The average Bonchev–Trinajstić information content (AvgIpc) is 2.69. The van der Waals surface area contributed by atoms with Crippen molar-refractivity contribution >= 4 is 0 Å². The molecule has 0 aliphatic heterocycles. The Hall–Kier alpha value is -1.64. The van der Waals surface area contributed by atoms with E-state index in [0.29, 0.717) is 0 Å². The van der Waals surface area contributed by atoms with E-state index in [1.54, 1.807) is 6.20 Å². The molecule has 0 atom stereocenters. The Morgan fingerprint density at radius 1 is 1.13 bits per heavy atom. The lowest BCUT2D eigenvalue weighted by atomic mass is 10.2. The number of hydrogen-bond donors (Lipinski definition) is 0. The van der Waals surface area contributed by atoms with Gasteiger partial charge in [0, 0.05) is 36.9 Å². The molecule has 0 aliphatic carbocycles. The number of aromatic nitrogens is 3. The van der Waals surface area contributed by atoms with Crippen LogP contribution in [0.5, 0.6) is 0 Å². The van der Waals surface area contributed by atoms with Crippen LogP contribution in [0.4, 0.5) is 0 Å². The minimum absolute atomic E-state index is 0.951. The van der Waals surface area contributed by atoms with E-state index in [4.69, 9.17) is 0 Å². The average molecular weight is 203 g/mol. The van der Waals surface area contributed by atoms with Crippen molar-refractivity contribution in [3.8, 4) is 11.4 Å². The van der Waals surface area contributed by atoms with E-state index < -0.39 is 0 Å². The van der Waals surface area contributed by atoms with Gasteiger partial charge in [-0.3, -0.25) is 4.98 Å². The summed E-state index contributed by atoms with van der Waals surface area (Å²) < 4.78 is 1.98. The van der Waals surface area contributed by atoms with Crippen molar-refractivity contribution in [2.24, 2.45) is 7.05 Å². The first kappa shape index (κ1) is 11.4. The van der Waals surface area contributed by atoms with Gasteiger partial charge in [0.15, 0.2) is 0 Å². The van der Waals surface area contributed by atoms with Crippen LogP contribution >= 0.6 is 0 Å². The molecule has 3 heteroatoms. The lowest BCUT2D eigenvalue weighted by Gasteiger charge is -2.00. The maximum absolute atomic E-state index is 4.24. The maximum atomic E-state index is 4.24. The van der Waals surface area contributed by atoms with Crippen LogP contribution in [0.15, 0.2) is 30.7 Å². The van der Waals surface area contributed by atoms with Gasteiger partial charge in [-0.25, -0.2) is 4.98 Å². The number of nitrogens with zero attached hydrogens (tertiary/aromatic N) is 3. The van der Waals surface area contributed by atoms with Gasteiger partial charge in [0.25, 0.3) is 0 Å². The van der Waals surface area contributed by atoms with E-state index in [1.807, 2.05) is 56.9 Å². The number of rotatable bonds is 1. The van der Waals surface area contributed by atoms with Crippen molar-refractivity contribution in [3.05, 3.63) is 36.4 Å². The van der Waals surface area contributed by atoms with Gasteiger partial charge in [0.1, 0.15) is 5.82 Å². The molecule has 0 aliphatic rings. The van der Waals surface area contributed by atoms with Gasteiger partial charge < -0.3 is 4.57 Å². The van der Waals surface area contributed by atoms with Crippen LogP contribution in [-0.2, 0) is 7.05 Å². The van der Waals surface area contributed by atoms with Crippen molar-refractivity contribution in [3.63, 3.8) is 0 Å². The highest BCUT2D eigenvalue weighted by Crippen LogP contribution is 2.14. The van der Waals surface area contributed by atoms with Crippen molar-refractivity contribution < 1.29 is 0 Å². The Morgan fingerprint density at radius 3 is 2.33 bits per heavy atom. The summed E-state index contributed by atoms with van der Waals surface area (Å²) in [5.74, 6) is 0.951. The Morgan fingerprint density at radius 2 is 1.87 bits per heavy atom. The Kier molecular flexibility index (Phi) is 4.03. The Bertz CT molecular complexity index is 401. The first-order valence-corrected chi connectivity index (χ1v) is 5.18. The second kappa shape index (κ2) is 5.29. The van der Waals surface area contributed by atoms with Crippen LogP contribution < -0.4 is 0 Å². The first-order valence-electron chi connectivity index (χ1n) is 5.18. The summed E-state index contributed by atoms with van der Waals surface area (Å²) in [6, 6.07) is 4.02. The molecule has 0 amide bonds. The highest BCUT2D eigenvalue weighted by atomic mass is 15.0. The third-order valence-corrected chi connectivity index (χ3v) is 1.99. The molecule has 0 saturated heterocycles. The molecule has 0 N–H and O–H groups in total. The van der Waals surface area contributed by atoms with Gasteiger partial charge in [0.05, 0.1) is 0 Å². The van der Waals surface area contributed by atoms with Crippen LogP contribution in [0.1, 0.15) is 19.5 Å². The summed E-state index contributed by atoms with van der Waals surface area (Å²) in [6.07, 6.45) is 5.56. The van der Waals surface area contributed by atoms with Crippen LogP contribution in [0.25, 0.3) is 11.4 Å². The van der Waals surface area contributed by atoms with Crippen molar-refractivity contribution in [1.29, 1.82) is 0 Å². The van der Waals surface area contributed by atoms with E-state index >= 15 is 0 Å².